The lowest BCUT2D eigenvalue weighted by molar-refractivity contribution is -0.155. The number of nitrogens with zero attached hydrogens (tertiary/aromatic N) is 2. The van der Waals surface area contributed by atoms with Crippen LogP contribution >= 0.6 is 24.8 Å². The third-order valence-electron chi connectivity index (χ3n) is 6.09. The number of likely N-dealkylation sites (N-methyl/N-ethyl adjacent to an activating group) is 1. The molecule has 212 valence electrons. The number of methoxy groups -OCH3 is 1. The molecule has 0 bridgehead atoms. The van der Waals surface area contributed by atoms with E-state index in [1.54, 1.807) is 30.2 Å². The fraction of sp³-hybridized carbons (Fsp3) is 0.267. The molecule has 2 atom stereocenters. The summed E-state index contributed by atoms with van der Waals surface area (Å²) in [6.45, 7) is 0.479. The van der Waals surface area contributed by atoms with Gasteiger partial charge < -0.3 is 23.7 Å². The van der Waals surface area contributed by atoms with Crippen molar-refractivity contribution in [1.82, 2.24) is 9.88 Å². The van der Waals surface area contributed by atoms with Gasteiger partial charge in [-0.2, -0.15) is 0 Å². The molecule has 3 aromatic carbocycles. The zero-order chi connectivity index (χ0) is 26.5. The lowest BCUT2D eigenvalue weighted by Crippen LogP contribution is -2.34. The van der Waals surface area contributed by atoms with Crippen molar-refractivity contribution in [2.45, 2.75) is 25.4 Å². The molecule has 1 aliphatic heterocycles. The van der Waals surface area contributed by atoms with E-state index in [4.69, 9.17) is 23.7 Å². The number of carbonyl (C=O) groups excluding carboxylic acids is 1. The first kappa shape index (κ1) is 30.8. The number of esters is 1. The Hall–Kier alpha value is -3.72. The molecule has 1 aromatic heterocycles. The van der Waals surface area contributed by atoms with Crippen LogP contribution < -0.4 is 18.9 Å². The number of hydrogen-bond donors (Lipinski definition) is 0. The van der Waals surface area contributed by atoms with Crippen molar-refractivity contribution in [3.8, 4) is 23.0 Å². The van der Waals surface area contributed by atoms with Gasteiger partial charge in [-0.1, -0.05) is 24.3 Å². The summed E-state index contributed by atoms with van der Waals surface area (Å²) in [4.78, 5) is 18.9. The Morgan fingerprint density at radius 1 is 0.950 bits per heavy atom. The second-order valence-electron chi connectivity index (χ2n) is 9.28. The Morgan fingerprint density at radius 2 is 1.68 bits per heavy atom. The van der Waals surface area contributed by atoms with E-state index in [1.807, 2.05) is 74.8 Å². The minimum absolute atomic E-state index is 0. The number of fused-ring (bicyclic) bond motifs is 2. The predicted octanol–water partition coefficient (Wildman–Crippen LogP) is 6.00. The van der Waals surface area contributed by atoms with Crippen molar-refractivity contribution in [3.63, 3.8) is 0 Å². The molecular formula is C30H32Cl2N2O6. The van der Waals surface area contributed by atoms with E-state index < -0.39 is 12.4 Å². The SMILES string of the molecule is COc1ccc(OC2CC(OC(=O)CN(C)C)c3ccc(OCc4ccc5ccccc5n4)cc3O2)cc1.Cl.Cl. The molecule has 0 saturated carbocycles. The molecule has 0 N–H and O–H groups in total. The number of carbonyl (C=O) groups is 1. The topological polar surface area (TPSA) is 79.4 Å². The van der Waals surface area contributed by atoms with Gasteiger partial charge in [-0.25, -0.2) is 4.98 Å². The van der Waals surface area contributed by atoms with Crippen LogP contribution in [0.5, 0.6) is 23.0 Å². The number of halogens is 2. The minimum Gasteiger partial charge on any atom is -0.497 e. The highest BCUT2D eigenvalue weighted by Gasteiger charge is 2.33. The zero-order valence-corrected chi connectivity index (χ0v) is 24.1. The molecule has 0 aliphatic carbocycles. The van der Waals surface area contributed by atoms with E-state index in [-0.39, 0.29) is 37.3 Å². The summed E-state index contributed by atoms with van der Waals surface area (Å²) in [6.07, 6.45) is -0.838. The monoisotopic (exact) mass is 586 g/mol. The number of ether oxygens (including phenoxy) is 5. The van der Waals surface area contributed by atoms with Gasteiger partial charge >= 0.3 is 5.97 Å². The van der Waals surface area contributed by atoms with Crippen molar-refractivity contribution in [3.05, 3.63) is 90.1 Å². The average molecular weight is 588 g/mol. The predicted molar refractivity (Wildman–Crippen MR) is 157 cm³/mol. The van der Waals surface area contributed by atoms with E-state index in [0.717, 1.165) is 27.9 Å². The van der Waals surface area contributed by atoms with Gasteiger partial charge in [0, 0.05) is 17.0 Å². The van der Waals surface area contributed by atoms with Crippen LogP contribution in [-0.4, -0.2) is 49.9 Å². The van der Waals surface area contributed by atoms with Gasteiger partial charge in [0.25, 0.3) is 0 Å². The summed E-state index contributed by atoms with van der Waals surface area (Å²) in [5.74, 6) is 2.18. The van der Waals surface area contributed by atoms with E-state index >= 15 is 0 Å². The summed E-state index contributed by atoms with van der Waals surface area (Å²) in [5.41, 5.74) is 2.50. The molecule has 10 heteroatoms. The molecule has 0 amide bonds. The van der Waals surface area contributed by atoms with Crippen LogP contribution in [-0.2, 0) is 16.1 Å². The normalized spacial score (nSPS) is 15.6. The maximum atomic E-state index is 12.5. The molecule has 4 aromatic rings. The summed E-state index contributed by atoms with van der Waals surface area (Å²) in [5, 5.41) is 1.08. The highest BCUT2D eigenvalue weighted by atomic mass is 35.5. The number of rotatable bonds is 9. The third-order valence-corrected chi connectivity index (χ3v) is 6.09. The van der Waals surface area contributed by atoms with Crippen LogP contribution in [0.15, 0.2) is 78.9 Å². The maximum absolute atomic E-state index is 12.5. The van der Waals surface area contributed by atoms with Crippen molar-refractivity contribution < 1.29 is 28.5 Å². The highest BCUT2D eigenvalue weighted by molar-refractivity contribution is 5.85. The highest BCUT2D eigenvalue weighted by Crippen LogP contribution is 2.40. The third kappa shape index (κ3) is 7.69. The zero-order valence-electron chi connectivity index (χ0n) is 22.4. The fourth-order valence-corrected chi connectivity index (χ4v) is 4.25. The summed E-state index contributed by atoms with van der Waals surface area (Å²) in [7, 11) is 5.25. The summed E-state index contributed by atoms with van der Waals surface area (Å²) in [6, 6.07) is 24.7. The van der Waals surface area contributed by atoms with Crippen molar-refractivity contribution in [2.24, 2.45) is 0 Å². The molecule has 8 nitrogen and oxygen atoms in total. The molecule has 2 heterocycles. The summed E-state index contributed by atoms with van der Waals surface area (Å²) < 4.78 is 29.4. The standard InChI is InChI=1S/C30H30N2O6.2ClH/c1-32(2)18-29(33)37-28-17-30(36-23-12-10-22(34-3)11-13-23)38-27-16-24(14-15-25(27)28)35-19-21-9-8-20-6-4-5-7-26(20)31-21;;/h4-16,28,30H,17-19H2,1-3H3;2*1H. The lowest BCUT2D eigenvalue weighted by Gasteiger charge is -2.32. The molecular weight excluding hydrogens is 555 g/mol. The van der Waals surface area contributed by atoms with Crippen LogP contribution in [0.2, 0.25) is 0 Å². The van der Waals surface area contributed by atoms with Crippen LogP contribution in [0.25, 0.3) is 10.9 Å². The second kappa shape index (κ2) is 14.1. The molecule has 40 heavy (non-hydrogen) atoms. The van der Waals surface area contributed by atoms with Gasteiger partial charge in [0.1, 0.15) is 35.7 Å². The molecule has 1 aliphatic rings. The first-order valence-corrected chi connectivity index (χ1v) is 12.4. The molecule has 0 radical (unpaired) electrons. The van der Waals surface area contributed by atoms with Crippen LogP contribution in [0.3, 0.4) is 0 Å². The number of para-hydroxylation sites is 1. The fourth-order valence-electron chi connectivity index (χ4n) is 4.25. The van der Waals surface area contributed by atoms with Gasteiger partial charge in [0.05, 0.1) is 31.3 Å². The largest absolute Gasteiger partial charge is 0.497 e. The van der Waals surface area contributed by atoms with E-state index in [9.17, 15) is 4.79 Å². The Kier molecular flexibility index (Phi) is 10.8. The van der Waals surface area contributed by atoms with E-state index in [1.165, 1.54) is 0 Å². The van der Waals surface area contributed by atoms with E-state index in [0.29, 0.717) is 30.3 Å². The Labute approximate surface area is 246 Å². The number of benzene rings is 3. The second-order valence-corrected chi connectivity index (χ2v) is 9.28. The Bertz CT molecular complexity index is 1420. The Balaban J connectivity index is 0.00000220. The van der Waals surface area contributed by atoms with Crippen LogP contribution in [0, 0.1) is 0 Å². The van der Waals surface area contributed by atoms with Crippen molar-refractivity contribution in [2.75, 3.05) is 27.7 Å². The van der Waals surface area contributed by atoms with Gasteiger partial charge in [0.2, 0.25) is 6.29 Å². The van der Waals surface area contributed by atoms with Crippen molar-refractivity contribution >= 4 is 41.7 Å². The number of hydrogen-bond acceptors (Lipinski definition) is 8. The molecule has 2 unspecified atom stereocenters. The molecule has 0 spiro atoms. The molecule has 0 saturated heterocycles. The van der Waals surface area contributed by atoms with Crippen molar-refractivity contribution in [1.29, 1.82) is 0 Å². The number of pyridine rings is 1. The molecule has 0 fully saturated rings. The first-order valence-electron chi connectivity index (χ1n) is 12.4. The van der Waals surface area contributed by atoms with Crippen LogP contribution in [0.1, 0.15) is 23.8 Å². The maximum Gasteiger partial charge on any atom is 0.320 e. The smallest absolute Gasteiger partial charge is 0.320 e. The van der Waals surface area contributed by atoms with E-state index in [2.05, 4.69) is 4.98 Å². The summed E-state index contributed by atoms with van der Waals surface area (Å²) >= 11 is 0. The first-order chi connectivity index (χ1) is 18.5. The van der Waals surface area contributed by atoms with Gasteiger partial charge in [-0.3, -0.25) is 9.69 Å². The number of aromatic nitrogens is 1. The minimum atomic E-state index is -0.662. The lowest BCUT2D eigenvalue weighted by atomic mass is 10.0. The molecule has 5 rings (SSSR count). The van der Waals surface area contributed by atoms with Crippen LogP contribution in [0.4, 0.5) is 0 Å². The van der Waals surface area contributed by atoms with Gasteiger partial charge in [0.15, 0.2) is 0 Å². The van der Waals surface area contributed by atoms with Gasteiger partial charge in [-0.05, 0) is 62.6 Å². The quantitative estimate of drug-likeness (QED) is 0.221. The average Bonchev–Trinajstić information content (AvgIpc) is 2.91. The van der Waals surface area contributed by atoms with Gasteiger partial charge in [-0.15, -0.1) is 24.8 Å². The Morgan fingerprint density at radius 3 is 2.42 bits per heavy atom.